The molecule has 0 radical (unpaired) electrons. The van der Waals surface area contributed by atoms with Crippen LogP contribution < -0.4 is 0 Å². The first-order valence-electron chi connectivity index (χ1n) is 5.37. The number of carbonyl (C=O) groups is 1. The van der Waals surface area contributed by atoms with E-state index in [1.807, 2.05) is 0 Å². The van der Waals surface area contributed by atoms with E-state index in [0.717, 1.165) is 0 Å². The number of alkyl halides is 2. The van der Waals surface area contributed by atoms with Crippen molar-refractivity contribution in [2.75, 3.05) is 6.61 Å². The minimum Gasteiger partial charge on any atom is -0.461 e. The van der Waals surface area contributed by atoms with Gasteiger partial charge in [0.2, 0.25) is 0 Å². The summed E-state index contributed by atoms with van der Waals surface area (Å²) in [5, 5.41) is 9.76. The maximum absolute atomic E-state index is 13.8. The minimum atomic E-state index is -4.42. The van der Waals surface area contributed by atoms with Gasteiger partial charge < -0.3 is 9.84 Å². The van der Waals surface area contributed by atoms with Gasteiger partial charge >= 0.3 is 11.9 Å². The van der Waals surface area contributed by atoms with E-state index in [1.54, 1.807) is 0 Å². The highest BCUT2D eigenvalue weighted by molar-refractivity contribution is 5.79. The quantitative estimate of drug-likeness (QED) is 0.680. The van der Waals surface area contributed by atoms with Crippen LogP contribution in [0.1, 0.15) is 19.4 Å². The van der Waals surface area contributed by atoms with Crippen LogP contribution in [0, 0.1) is 11.6 Å². The Hall–Kier alpha value is -1.63. The monoisotopic (exact) mass is 280 g/mol. The molecule has 0 saturated carbocycles. The molecule has 0 amide bonds. The molecule has 0 spiro atoms. The molecule has 0 bridgehead atoms. The molecule has 1 atom stereocenters. The zero-order valence-corrected chi connectivity index (χ0v) is 10.2. The van der Waals surface area contributed by atoms with Gasteiger partial charge in [0.15, 0.2) is 5.60 Å². The molecule has 0 saturated heterocycles. The summed E-state index contributed by atoms with van der Waals surface area (Å²) in [6, 6.07) is 1.69. The Labute approximate surface area is 106 Å². The van der Waals surface area contributed by atoms with Gasteiger partial charge in [0, 0.05) is 5.56 Å². The zero-order valence-electron chi connectivity index (χ0n) is 10.2. The number of aliphatic hydroxyl groups is 1. The first-order valence-corrected chi connectivity index (χ1v) is 5.37. The van der Waals surface area contributed by atoms with E-state index >= 15 is 0 Å². The third-order valence-electron chi connectivity index (χ3n) is 2.60. The molecule has 0 aliphatic heterocycles. The fourth-order valence-corrected chi connectivity index (χ4v) is 1.46. The molecular formula is C12H12F4O3. The number of halogens is 4. The molecule has 1 rings (SSSR count). The van der Waals surface area contributed by atoms with E-state index in [2.05, 4.69) is 4.74 Å². The Morgan fingerprint density at radius 1 is 1.37 bits per heavy atom. The Morgan fingerprint density at radius 2 is 1.95 bits per heavy atom. The van der Waals surface area contributed by atoms with Gasteiger partial charge in [-0.05, 0) is 32.0 Å². The lowest BCUT2D eigenvalue weighted by atomic mass is 9.88. The molecule has 0 aliphatic carbocycles. The molecule has 1 unspecified atom stereocenters. The van der Waals surface area contributed by atoms with Crippen LogP contribution in [0.4, 0.5) is 17.6 Å². The first kappa shape index (κ1) is 15.4. The lowest BCUT2D eigenvalue weighted by Gasteiger charge is -2.31. The summed E-state index contributed by atoms with van der Waals surface area (Å²) < 4.78 is 58.1. The van der Waals surface area contributed by atoms with Crippen molar-refractivity contribution in [3.63, 3.8) is 0 Å². The standard InChI is InChI=1S/C12H12F4O3/c1-3-19-10(17)12(15,16)11(2,18)8-6-7(13)4-5-9(8)14/h4-6,18H,3H2,1-2H3. The van der Waals surface area contributed by atoms with Gasteiger partial charge in [-0.1, -0.05) is 0 Å². The molecule has 3 nitrogen and oxygen atoms in total. The topological polar surface area (TPSA) is 46.5 Å². The van der Waals surface area contributed by atoms with Crippen LogP contribution in [-0.2, 0) is 15.1 Å². The van der Waals surface area contributed by atoms with E-state index in [0.29, 0.717) is 25.1 Å². The van der Waals surface area contributed by atoms with Crippen LogP contribution in [0.2, 0.25) is 0 Å². The highest BCUT2D eigenvalue weighted by atomic mass is 19.3. The van der Waals surface area contributed by atoms with Crippen molar-refractivity contribution < 1.29 is 32.2 Å². The summed E-state index contributed by atoms with van der Waals surface area (Å²) in [5.74, 6) is -8.70. The maximum Gasteiger partial charge on any atom is 0.380 e. The molecule has 1 aromatic rings. The molecule has 0 aromatic heterocycles. The summed E-state index contributed by atoms with van der Waals surface area (Å²) >= 11 is 0. The fraction of sp³-hybridized carbons (Fsp3) is 0.417. The molecule has 1 N–H and O–H groups in total. The number of rotatable bonds is 4. The Kier molecular flexibility index (Phi) is 4.19. The second kappa shape index (κ2) is 5.16. The van der Waals surface area contributed by atoms with E-state index in [9.17, 15) is 27.5 Å². The third kappa shape index (κ3) is 2.70. The average Bonchev–Trinajstić information content (AvgIpc) is 2.32. The van der Waals surface area contributed by atoms with Gasteiger partial charge in [0.25, 0.3) is 0 Å². The summed E-state index contributed by atoms with van der Waals surface area (Å²) in [4.78, 5) is 11.1. The molecule has 0 fully saturated rings. The average molecular weight is 280 g/mol. The largest absolute Gasteiger partial charge is 0.461 e. The number of carbonyl (C=O) groups excluding carboxylic acids is 1. The van der Waals surface area contributed by atoms with Gasteiger partial charge in [-0.25, -0.2) is 13.6 Å². The number of hydrogen-bond acceptors (Lipinski definition) is 3. The van der Waals surface area contributed by atoms with Crippen molar-refractivity contribution >= 4 is 5.97 Å². The summed E-state index contributed by atoms with van der Waals surface area (Å²) in [7, 11) is 0. The van der Waals surface area contributed by atoms with Gasteiger partial charge in [-0.15, -0.1) is 0 Å². The molecule has 106 valence electrons. The van der Waals surface area contributed by atoms with Crippen LogP contribution in [0.5, 0.6) is 0 Å². The Morgan fingerprint density at radius 3 is 2.47 bits per heavy atom. The first-order chi connectivity index (χ1) is 8.64. The molecule has 19 heavy (non-hydrogen) atoms. The molecule has 0 heterocycles. The highest BCUT2D eigenvalue weighted by Gasteiger charge is 2.58. The third-order valence-corrected chi connectivity index (χ3v) is 2.60. The minimum absolute atomic E-state index is 0.337. The smallest absolute Gasteiger partial charge is 0.380 e. The fourth-order valence-electron chi connectivity index (χ4n) is 1.46. The van der Waals surface area contributed by atoms with Crippen LogP contribution in [-0.4, -0.2) is 23.6 Å². The van der Waals surface area contributed by atoms with Crippen molar-refractivity contribution in [1.82, 2.24) is 0 Å². The van der Waals surface area contributed by atoms with Gasteiger partial charge in [0.1, 0.15) is 11.6 Å². The van der Waals surface area contributed by atoms with E-state index in [-0.39, 0.29) is 6.61 Å². The van der Waals surface area contributed by atoms with E-state index in [4.69, 9.17) is 0 Å². The molecule has 1 aromatic carbocycles. The second-order valence-electron chi connectivity index (χ2n) is 3.99. The highest BCUT2D eigenvalue weighted by Crippen LogP contribution is 2.39. The van der Waals surface area contributed by atoms with Gasteiger partial charge in [0.05, 0.1) is 6.61 Å². The summed E-state index contributed by atoms with van der Waals surface area (Å²) in [6.07, 6.45) is 0. The van der Waals surface area contributed by atoms with Crippen molar-refractivity contribution in [1.29, 1.82) is 0 Å². The molecular weight excluding hydrogens is 268 g/mol. The lowest BCUT2D eigenvalue weighted by molar-refractivity contribution is -0.213. The zero-order chi connectivity index (χ0) is 14.8. The van der Waals surface area contributed by atoms with Crippen molar-refractivity contribution in [3.05, 3.63) is 35.4 Å². The van der Waals surface area contributed by atoms with Crippen molar-refractivity contribution in [2.45, 2.75) is 25.4 Å². The van der Waals surface area contributed by atoms with E-state index < -0.39 is 34.7 Å². The lowest BCUT2D eigenvalue weighted by Crippen LogP contribution is -2.50. The van der Waals surface area contributed by atoms with Crippen molar-refractivity contribution in [2.24, 2.45) is 0 Å². The normalized spacial score (nSPS) is 14.9. The Bertz CT molecular complexity index is 486. The summed E-state index contributed by atoms with van der Waals surface area (Å²) in [5.41, 5.74) is -4.25. The van der Waals surface area contributed by atoms with E-state index in [1.165, 1.54) is 6.92 Å². The SMILES string of the molecule is CCOC(=O)C(F)(F)C(C)(O)c1cc(F)ccc1F. The maximum atomic E-state index is 13.8. The predicted molar refractivity (Wildman–Crippen MR) is 57.5 cm³/mol. The predicted octanol–water partition coefficient (Wildman–Crippen LogP) is 2.37. The van der Waals surface area contributed by atoms with Crippen LogP contribution in [0.3, 0.4) is 0 Å². The number of ether oxygens (including phenoxy) is 1. The second-order valence-corrected chi connectivity index (χ2v) is 3.99. The Balaban J connectivity index is 3.29. The molecule has 0 aliphatic rings. The van der Waals surface area contributed by atoms with Crippen LogP contribution >= 0.6 is 0 Å². The van der Waals surface area contributed by atoms with Gasteiger partial charge in [-0.3, -0.25) is 0 Å². The van der Waals surface area contributed by atoms with Gasteiger partial charge in [-0.2, -0.15) is 8.78 Å². The number of hydrogen-bond donors (Lipinski definition) is 1. The van der Waals surface area contributed by atoms with Crippen LogP contribution in [0.25, 0.3) is 0 Å². The number of benzene rings is 1. The van der Waals surface area contributed by atoms with Crippen molar-refractivity contribution in [3.8, 4) is 0 Å². The molecule has 7 heteroatoms. The van der Waals surface area contributed by atoms with Crippen LogP contribution in [0.15, 0.2) is 18.2 Å². The number of esters is 1. The summed E-state index contributed by atoms with van der Waals surface area (Å²) in [6.45, 7) is 1.48.